The van der Waals surface area contributed by atoms with Gasteiger partial charge in [-0.1, -0.05) is 26.8 Å². The van der Waals surface area contributed by atoms with Gasteiger partial charge in [0.05, 0.1) is 6.10 Å². The maximum absolute atomic E-state index is 11.9. The highest BCUT2D eigenvalue weighted by Gasteiger charge is 2.29. The molecule has 1 aliphatic rings. The van der Waals surface area contributed by atoms with Gasteiger partial charge in [0.1, 0.15) is 11.8 Å². The normalized spacial score (nSPS) is 18.9. The van der Waals surface area contributed by atoms with Crippen LogP contribution in [0, 0.1) is 5.92 Å². The number of rotatable bonds is 6. The second-order valence-corrected chi connectivity index (χ2v) is 5.79. The van der Waals surface area contributed by atoms with E-state index in [9.17, 15) is 4.79 Å². The summed E-state index contributed by atoms with van der Waals surface area (Å²) in [5.41, 5.74) is 1.86. The number of carbonyl (C=O) groups is 1. The van der Waals surface area contributed by atoms with Crippen LogP contribution in [0.3, 0.4) is 0 Å². The number of carbonyl (C=O) groups excluding carboxylic acids is 1. The van der Waals surface area contributed by atoms with E-state index in [0.717, 1.165) is 30.0 Å². The lowest BCUT2D eigenvalue weighted by molar-refractivity contribution is -0.117. The van der Waals surface area contributed by atoms with Crippen molar-refractivity contribution < 1.29 is 9.53 Å². The molecule has 4 nitrogen and oxygen atoms in total. The summed E-state index contributed by atoms with van der Waals surface area (Å²) < 4.78 is 5.91. The summed E-state index contributed by atoms with van der Waals surface area (Å²) in [5, 5.41) is 6.09. The average Bonchev–Trinajstić information content (AvgIpc) is 2.64. The number of nitrogens with one attached hydrogen (secondary N) is 2. The molecule has 2 atom stereocenters. The monoisotopic (exact) mass is 276 g/mol. The Morgan fingerprint density at radius 1 is 1.35 bits per heavy atom. The molecular formula is C16H24N2O2. The number of anilines is 1. The van der Waals surface area contributed by atoms with E-state index >= 15 is 0 Å². The molecule has 1 amide bonds. The fourth-order valence-electron chi connectivity index (χ4n) is 2.67. The van der Waals surface area contributed by atoms with Gasteiger partial charge in [0, 0.05) is 17.3 Å². The molecule has 0 spiro atoms. The summed E-state index contributed by atoms with van der Waals surface area (Å²) in [5.74, 6) is 1.43. The molecule has 1 aromatic carbocycles. The Morgan fingerprint density at radius 2 is 2.10 bits per heavy atom. The maximum atomic E-state index is 11.9. The molecular weight excluding hydrogens is 252 g/mol. The van der Waals surface area contributed by atoms with E-state index in [1.807, 2.05) is 25.1 Å². The van der Waals surface area contributed by atoms with Gasteiger partial charge in [0.15, 0.2) is 0 Å². The number of benzene rings is 1. The minimum absolute atomic E-state index is 0.00855. The SMILES string of the molecule is CCNC1C(=O)Nc2cc(OC(C)CC(C)C)ccc21. The van der Waals surface area contributed by atoms with Crippen molar-refractivity contribution in [2.24, 2.45) is 5.92 Å². The van der Waals surface area contributed by atoms with E-state index in [1.165, 1.54) is 0 Å². The Kier molecular flexibility index (Phi) is 4.65. The number of likely N-dealkylation sites (N-methyl/N-ethyl adjacent to an activating group) is 1. The predicted molar refractivity (Wildman–Crippen MR) is 81.0 cm³/mol. The van der Waals surface area contributed by atoms with Crippen LogP contribution in [0.2, 0.25) is 0 Å². The highest BCUT2D eigenvalue weighted by molar-refractivity contribution is 6.02. The smallest absolute Gasteiger partial charge is 0.246 e. The lowest BCUT2D eigenvalue weighted by Crippen LogP contribution is -2.27. The predicted octanol–water partition coefficient (Wildman–Crippen LogP) is 3.10. The molecule has 2 rings (SSSR count). The molecule has 0 bridgehead atoms. The lowest BCUT2D eigenvalue weighted by atomic mass is 10.1. The van der Waals surface area contributed by atoms with E-state index in [0.29, 0.717) is 5.92 Å². The molecule has 2 N–H and O–H groups in total. The van der Waals surface area contributed by atoms with E-state index in [2.05, 4.69) is 31.4 Å². The van der Waals surface area contributed by atoms with Gasteiger partial charge in [-0.05, 0) is 31.9 Å². The second-order valence-electron chi connectivity index (χ2n) is 5.79. The number of ether oxygens (including phenoxy) is 1. The minimum Gasteiger partial charge on any atom is -0.491 e. The number of hydrogen-bond acceptors (Lipinski definition) is 3. The van der Waals surface area contributed by atoms with Gasteiger partial charge in [-0.15, -0.1) is 0 Å². The summed E-state index contributed by atoms with van der Waals surface area (Å²) in [6, 6.07) is 5.59. The Bertz CT molecular complexity index is 485. The van der Waals surface area contributed by atoms with E-state index in [4.69, 9.17) is 4.74 Å². The van der Waals surface area contributed by atoms with E-state index in [-0.39, 0.29) is 18.1 Å². The summed E-state index contributed by atoms with van der Waals surface area (Å²) in [6.07, 6.45) is 1.19. The van der Waals surface area contributed by atoms with Crippen molar-refractivity contribution >= 4 is 11.6 Å². The molecule has 0 saturated heterocycles. The van der Waals surface area contributed by atoms with Crippen molar-refractivity contribution in [3.8, 4) is 5.75 Å². The highest BCUT2D eigenvalue weighted by Crippen LogP contribution is 2.34. The molecule has 0 saturated carbocycles. The summed E-state index contributed by atoms with van der Waals surface area (Å²) >= 11 is 0. The van der Waals surface area contributed by atoms with Crippen LogP contribution in [0.1, 0.15) is 45.7 Å². The van der Waals surface area contributed by atoms with Gasteiger partial charge in [-0.2, -0.15) is 0 Å². The Labute approximate surface area is 120 Å². The Morgan fingerprint density at radius 3 is 2.75 bits per heavy atom. The number of amides is 1. The second kappa shape index (κ2) is 6.27. The largest absolute Gasteiger partial charge is 0.491 e. The maximum Gasteiger partial charge on any atom is 0.246 e. The summed E-state index contributed by atoms with van der Waals surface area (Å²) in [6.45, 7) is 9.21. The van der Waals surface area contributed by atoms with Crippen LogP contribution in [0.5, 0.6) is 5.75 Å². The van der Waals surface area contributed by atoms with Crippen molar-refractivity contribution in [2.45, 2.75) is 46.3 Å². The Balaban J connectivity index is 2.10. The van der Waals surface area contributed by atoms with Gasteiger partial charge in [-0.25, -0.2) is 0 Å². The minimum atomic E-state index is -0.239. The van der Waals surface area contributed by atoms with Crippen molar-refractivity contribution in [1.82, 2.24) is 5.32 Å². The molecule has 20 heavy (non-hydrogen) atoms. The lowest BCUT2D eigenvalue weighted by Gasteiger charge is -2.17. The number of fused-ring (bicyclic) bond motifs is 1. The van der Waals surface area contributed by atoms with Crippen LogP contribution in [0.4, 0.5) is 5.69 Å². The van der Waals surface area contributed by atoms with Crippen molar-refractivity contribution in [3.63, 3.8) is 0 Å². The first kappa shape index (κ1) is 14.9. The molecule has 0 aliphatic carbocycles. The van der Waals surface area contributed by atoms with Crippen LogP contribution in [0.25, 0.3) is 0 Å². The zero-order valence-corrected chi connectivity index (χ0v) is 12.7. The van der Waals surface area contributed by atoms with Crippen molar-refractivity contribution in [2.75, 3.05) is 11.9 Å². The summed E-state index contributed by atoms with van der Waals surface area (Å²) in [7, 11) is 0. The molecule has 1 aromatic rings. The van der Waals surface area contributed by atoms with Crippen LogP contribution < -0.4 is 15.4 Å². The quantitative estimate of drug-likeness (QED) is 0.839. The van der Waals surface area contributed by atoms with Gasteiger partial charge >= 0.3 is 0 Å². The van der Waals surface area contributed by atoms with Gasteiger partial charge in [0.25, 0.3) is 0 Å². The molecule has 1 heterocycles. The standard InChI is InChI=1S/C16H24N2O2/c1-5-17-15-13-7-6-12(9-14(13)18-16(15)19)20-11(4)8-10(2)3/h6-7,9-11,15,17H,5,8H2,1-4H3,(H,18,19). The van der Waals surface area contributed by atoms with E-state index < -0.39 is 0 Å². The van der Waals surface area contributed by atoms with Gasteiger partial charge in [0.2, 0.25) is 5.91 Å². The third-order valence-corrected chi connectivity index (χ3v) is 3.40. The van der Waals surface area contributed by atoms with Gasteiger partial charge in [-0.3, -0.25) is 4.79 Å². The zero-order chi connectivity index (χ0) is 14.7. The first-order valence-corrected chi connectivity index (χ1v) is 7.36. The first-order valence-electron chi connectivity index (χ1n) is 7.36. The first-order chi connectivity index (χ1) is 9.51. The Hall–Kier alpha value is -1.55. The zero-order valence-electron chi connectivity index (χ0n) is 12.7. The molecule has 110 valence electrons. The third kappa shape index (κ3) is 3.31. The average molecular weight is 276 g/mol. The molecule has 0 fully saturated rings. The van der Waals surface area contributed by atoms with E-state index in [1.54, 1.807) is 0 Å². The summed E-state index contributed by atoms with van der Waals surface area (Å²) in [4.78, 5) is 11.9. The fourth-order valence-corrected chi connectivity index (χ4v) is 2.67. The van der Waals surface area contributed by atoms with Gasteiger partial charge < -0.3 is 15.4 Å². The number of hydrogen-bond donors (Lipinski definition) is 2. The topological polar surface area (TPSA) is 50.4 Å². The molecule has 0 aromatic heterocycles. The van der Waals surface area contributed by atoms with Crippen molar-refractivity contribution in [1.29, 1.82) is 0 Å². The van der Waals surface area contributed by atoms with Crippen molar-refractivity contribution in [3.05, 3.63) is 23.8 Å². The molecule has 1 aliphatic heterocycles. The fraction of sp³-hybridized carbons (Fsp3) is 0.562. The van der Waals surface area contributed by atoms with Crippen LogP contribution >= 0.6 is 0 Å². The molecule has 0 radical (unpaired) electrons. The third-order valence-electron chi connectivity index (χ3n) is 3.40. The molecule has 2 unspecified atom stereocenters. The highest BCUT2D eigenvalue weighted by atomic mass is 16.5. The molecule has 4 heteroatoms. The van der Waals surface area contributed by atoms with Crippen LogP contribution in [-0.2, 0) is 4.79 Å². The van der Waals surface area contributed by atoms with Crippen LogP contribution in [-0.4, -0.2) is 18.6 Å². The van der Waals surface area contributed by atoms with Crippen LogP contribution in [0.15, 0.2) is 18.2 Å².